The monoisotopic (exact) mass is 520 g/mol. The number of benzene rings is 2. The molecule has 4 N–H and O–H groups in total. The van der Waals surface area contributed by atoms with Crippen LogP contribution in [0.2, 0.25) is 10.0 Å². The van der Waals surface area contributed by atoms with Crippen molar-refractivity contribution in [3.63, 3.8) is 0 Å². The summed E-state index contributed by atoms with van der Waals surface area (Å²) in [6.45, 7) is 4.41. The minimum Gasteiger partial charge on any atom is -0.496 e. The number of piperidine rings is 1. The second-order valence-electron chi connectivity index (χ2n) is 8.90. The van der Waals surface area contributed by atoms with E-state index in [4.69, 9.17) is 33.7 Å². The molecule has 1 fully saturated rings. The van der Waals surface area contributed by atoms with Crippen LogP contribution in [-0.4, -0.2) is 56.5 Å². The highest BCUT2D eigenvalue weighted by Gasteiger charge is 2.21. The SMILES string of the molecule is COc1cc(N)c(Cl)cc1C(=O)NCC1CCN(CCCCCNC(=O)c2cccc(Cl)c2)CC1. The average molecular weight is 521 g/mol. The fraction of sp³-hybridized carbons (Fsp3) is 0.462. The standard InChI is InChI=1S/C26H34Cl2N4O3/c1-35-24-16-23(29)22(28)15-21(24)26(34)31-17-18-8-12-32(13-9-18)11-4-2-3-10-30-25(33)19-6-5-7-20(27)14-19/h5-7,14-16,18H,2-4,8-13,17,29H2,1H3,(H,30,33)(H,31,34). The molecule has 1 saturated heterocycles. The molecule has 1 aliphatic heterocycles. The molecule has 0 aliphatic carbocycles. The molecule has 0 unspecified atom stereocenters. The molecule has 2 amide bonds. The number of hydrogen-bond acceptors (Lipinski definition) is 5. The van der Waals surface area contributed by atoms with Crippen LogP contribution in [0.4, 0.5) is 5.69 Å². The van der Waals surface area contributed by atoms with Crippen LogP contribution < -0.4 is 21.1 Å². The van der Waals surface area contributed by atoms with Crippen LogP contribution >= 0.6 is 23.2 Å². The van der Waals surface area contributed by atoms with Gasteiger partial charge >= 0.3 is 0 Å². The van der Waals surface area contributed by atoms with Crippen LogP contribution in [0.5, 0.6) is 5.75 Å². The molecule has 0 saturated carbocycles. The van der Waals surface area contributed by atoms with Gasteiger partial charge in [0, 0.05) is 29.7 Å². The molecular weight excluding hydrogens is 487 g/mol. The van der Waals surface area contributed by atoms with Crippen molar-refractivity contribution in [2.24, 2.45) is 5.92 Å². The van der Waals surface area contributed by atoms with Crippen LogP contribution in [0.3, 0.4) is 0 Å². The summed E-state index contributed by atoms with van der Waals surface area (Å²) in [5, 5.41) is 6.87. The van der Waals surface area contributed by atoms with Crippen LogP contribution in [0.15, 0.2) is 36.4 Å². The highest BCUT2D eigenvalue weighted by molar-refractivity contribution is 6.33. The summed E-state index contributed by atoms with van der Waals surface area (Å²) in [7, 11) is 1.51. The van der Waals surface area contributed by atoms with Crippen molar-refractivity contribution >= 4 is 40.7 Å². The van der Waals surface area contributed by atoms with Crippen molar-refractivity contribution in [1.29, 1.82) is 0 Å². The molecular formula is C26H34Cl2N4O3. The van der Waals surface area contributed by atoms with Crippen LogP contribution in [0.25, 0.3) is 0 Å². The predicted octanol–water partition coefficient (Wildman–Crippen LogP) is 4.63. The van der Waals surface area contributed by atoms with Gasteiger partial charge in [0.1, 0.15) is 5.75 Å². The normalized spacial score (nSPS) is 14.5. The number of carbonyl (C=O) groups excluding carboxylic acids is 2. The van der Waals surface area contributed by atoms with Gasteiger partial charge in [0.05, 0.1) is 23.4 Å². The number of rotatable bonds is 11. The van der Waals surface area contributed by atoms with Crippen molar-refractivity contribution in [3.05, 3.63) is 57.6 Å². The van der Waals surface area contributed by atoms with Gasteiger partial charge in [-0.3, -0.25) is 9.59 Å². The first-order valence-corrected chi connectivity index (χ1v) is 12.8. The van der Waals surface area contributed by atoms with Gasteiger partial charge in [0.15, 0.2) is 0 Å². The summed E-state index contributed by atoms with van der Waals surface area (Å²) in [4.78, 5) is 27.2. The van der Waals surface area contributed by atoms with Crippen LogP contribution in [0, 0.1) is 5.92 Å². The smallest absolute Gasteiger partial charge is 0.255 e. The highest BCUT2D eigenvalue weighted by atomic mass is 35.5. The Morgan fingerprint density at radius 3 is 2.54 bits per heavy atom. The second-order valence-corrected chi connectivity index (χ2v) is 9.74. The van der Waals surface area contributed by atoms with Gasteiger partial charge in [0.25, 0.3) is 11.8 Å². The van der Waals surface area contributed by atoms with E-state index in [0.29, 0.717) is 51.6 Å². The molecule has 1 heterocycles. The number of carbonyl (C=O) groups is 2. The largest absolute Gasteiger partial charge is 0.496 e. The predicted molar refractivity (Wildman–Crippen MR) is 142 cm³/mol. The number of unbranched alkanes of at least 4 members (excludes halogenated alkanes) is 2. The molecule has 1 aliphatic rings. The number of methoxy groups -OCH3 is 1. The van der Waals surface area contributed by atoms with Crippen molar-refractivity contribution in [1.82, 2.24) is 15.5 Å². The van der Waals surface area contributed by atoms with E-state index in [9.17, 15) is 9.59 Å². The maximum absolute atomic E-state index is 12.6. The third-order valence-corrected chi connectivity index (χ3v) is 6.91. The third-order valence-electron chi connectivity index (χ3n) is 6.35. The van der Waals surface area contributed by atoms with Gasteiger partial charge < -0.3 is 26.0 Å². The first kappa shape index (κ1) is 27.1. The maximum atomic E-state index is 12.6. The number of nitrogens with zero attached hydrogens (tertiary/aromatic N) is 1. The molecule has 3 rings (SSSR count). The summed E-state index contributed by atoms with van der Waals surface area (Å²) in [6, 6.07) is 10.1. The van der Waals surface area contributed by atoms with Gasteiger partial charge in [-0.1, -0.05) is 35.7 Å². The van der Waals surface area contributed by atoms with Crippen molar-refractivity contribution < 1.29 is 14.3 Å². The highest BCUT2D eigenvalue weighted by Crippen LogP contribution is 2.29. The molecule has 0 atom stereocenters. The van der Waals surface area contributed by atoms with Crippen LogP contribution in [-0.2, 0) is 0 Å². The van der Waals surface area contributed by atoms with E-state index in [0.717, 1.165) is 51.7 Å². The summed E-state index contributed by atoms with van der Waals surface area (Å²) >= 11 is 12.0. The summed E-state index contributed by atoms with van der Waals surface area (Å²) < 4.78 is 5.27. The maximum Gasteiger partial charge on any atom is 0.255 e. The number of likely N-dealkylation sites (tertiary alicyclic amines) is 1. The van der Waals surface area contributed by atoms with E-state index in [1.165, 1.54) is 7.11 Å². The van der Waals surface area contributed by atoms with Gasteiger partial charge in [0.2, 0.25) is 0 Å². The molecule has 7 nitrogen and oxygen atoms in total. The summed E-state index contributed by atoms with van der Waals surface area (Å²) in [5.74, 6) is 0.587. The van der Waals surface area contributed by atoms with E-state index >= 15 is 0 Å². The Labute approximate surface area is 217 Å². The zero-order valence-electron chi connectivity index (χ0n) is 20.1. The first-order valence-electron chi connectivity index (χ1n) is 12.0. The first-order chi connectivity index (χ1) is 16.9. The number of halogens is 2. The molecule has 9 heteroatoms. The van der Waals surface area contributed by atoms with Gasteiger partial charge in [-0.15, -0.1) is 0 Å². The Hall–Kier alpha value is -2.48. The summed E-state index contributed by atoms with van der Waals surface area (Å²) in [6.07, 6.45) is 5.22. The Kier molecular flexibility index (Phi) is 10.5. The molecule has 2 aromatic rings. The molecule has 0 radical (unpaired) electrons. The van der Waals surface area contributed by atoms with E-state index in [1.54, 1.807) is 36.4 Å². The zero-order chi connectivity index (χ0) is 25.2. The lowest BCUT2D eigenvalue weighted by Gasteiger charge is -2.32. The second kappa shape index (κ2) is 13.6. The lowest BCUT2D eigenvalue weighted by molar-refractivity contribution is 0.0929. The number of ether oxygens (including phenoxy) is 1. The molecule has 190 valence electrons. The molecule has 0 aromatic heterocycles. The number of nitrogens with one attached hydrogen (secondary N) is 2. The fourth-order valence-corrected chi connectivity index (χ4v) is 4.59. The van der Waals surface area contributed by atoms with Gasteiger partial charge in [-0.2, -0.15) is 0 Å². The van der Waals surface area contributed by atoms with E-state index in [1.807, 2.05) is 0 Å². The minimum absolute atomic E-state index is 0.0837. The molecule has 0 spiro atoms. The topological polar surface area (TPSA) is 96.7 Å². The Bertz CT molecular complexity index is 1010. The quantitative estimate of drug-likeness (QED) is 0.296. The Morgan fingerprint density at radius 2 is 1.83 bits per heavy atom. The third kappa shape index (κ3) is 8.30. The van der Waals surface area contributed by atoms with E-state index in [2.05, 4.69) is 15.5 Å². The Morgan fingerprint density at radius 1 is 1.06 bits per heavy atom. The van der Waals surface area contributed by atoms with Gasteiger partial charge in [-0.05, 0) is 75.5 Å². The lowest BCUT2D eigenvalue weighted by atomic mass is 9.96. The minimum atomic E-state index is -0.200. The number of hydrogen-bond donors (Lipinski definition) is 3. The van der Waals surface area contributed by atoms with E-state index < -0.39 is 0 Å². The summed E-state index contributed by atoms with van der Waals surface area (Å²) in [5.41, 5.74) is 7.17. The molecule has 2 aromatic carbocycles. The zero-order valence-corrected chi connectivity index (χ0v) is 21.6. The van der Waals surface area contributed by atoms with E-state index in [-0.39, 0.29) is 11.8 Å². The van der Waals surface area contributed by atoms with Crippen molar-refractivity contribution in [2.45, 2.75) is 32.1 Å². The number of anilines is 1. The fourth-order valence-electron chi connectivity index (χ4n) is 4.23. The average Bonchev–Trinajstić information content (AvgIpc) is 2.86. The lowest BCUT2D eigenvalue weighted by Crippen LogP contribution is -2.39. The van der Waals surface area contributed by atoms with Gasteiger partial charge in [-0.25, -0.2) is 0 Å². The number of nitrogens with two attached hydrogens (primary N) is 1. The van der Waals surface area contributed by atoms with Crippen molar-refractivity contribution in [3.8, 4) is 5.75 Å². The number of nitrogen functional groups attached to an aromatic ring is 1. The number of amides is 2. The molecule has 35 heavy (non-hydrogen) atoms. The molecule has 0 bridgehead atoms. The van der Waals surface area contributed by atoms with Crippen molar-refractivity contribution in [2.75, 3.05) is 45.6 Å². The van der Waals surface area contributed by atoms with Crippen LogP contribution in [0.1, 0.15) is 52.8 Å². The Balaban J connectivity index is 1.28.